The van der Waals surface area contributed by atoms with Crippen LogP contribution in [0.15, 0.2) is 66.7 Å². The molecule has 0 radical (unpaired) electrons. The summed E-state index contributed by atoms with van der Waals surface area (Å²) in [7, 11) is 0. The molecule has 0 fully saturated rings. The first-order valence-electron chi connectivity index (χ1n) is 8.76. The van der Waals surface area contributed by atoms with Gasteiger partial charge in [-0.3, -0.25) is 0 Å². The second-order valence-electron chi connectivity index (χ2n) is 7.95. The Morgan fingerprint density at radius 3 is 2.04 bits per heavy atom. The van der Waals surface area contributed by atoms with Gasteiger partial charge in [0, 0.05) is 5.92 Å². The quantitative estimate of drug-likeness (QED) is 0.379. The van der Waals surface area contributed by atoms with E-state index in [0.29, 0.717) is 5.92 Å². The number of hydrogen-bond donors (Lipinski definition) is 0. The van der Waals surface area contributed by atoms with Crippen LogP contribution in [0.3, 0.4) is 0 Å². The third-order valence-electron chi connectivity index (χ3n) is 5.16. The van der Waals surface area contributed by atoms with Crippen molar-refractivity contribution in [3.63, 3.8) is 0 Å². The van der Waals surface area contributed by atoms with Gasteiger partial charge in [0.25, 0.3) is 0 Å². The first-order chi connectivity index (χ1) is 11.5. The van der Waals surface area contributed by atoms with Crippen LogP contribution in [-0.2, 0) is 5.41 Å². The summed E-state index contributed by atoms with van der Waals surface area (Å²) in [6.07, 6.45) is 0. The van der Waals surface area contributed by atoms with Crippen molar-refractivity contribution in [2.45, 2.75) is 39.0 Å². The lowest BCUT2D eigenvalue weighted by molar-refractivity contribution is 0.581. The zero-order chi connectivity index (χ0) is 16.9. The monoisotopic (exact) mass is 312 g/mol. The lowest BCUT2D eigenvalue weighted by Crippen LogP contribution is -2.16. The van der Waals surface area contributed by atoms with Crippen molar-refractivity contribution in [3.05, 3.63) is 94.5 Å². The molecule has 0 bridgehead atoms. The Balaban J connectivity index is 2.02. The van der Waals surface area contributed by atoms with Gasteiger partial charge in [0.2, 0.25) is 0 Å². The van der Waals surface area contributed by atoms with Crippen molar-refractivity contribution >= 4 is 0 Å². The van der Waals surface area contributed by atoms with Gasteiger partial charge in [0.05, 0.1) is 0 Å². The molecule has 0 saturated heterocycles. The number of fused-ring (bicyclic) bond motifs is 3. The summed E-state index contributed by atoms with van der Waals surface area (Å²) in [5.74, 6) is 0.339. The maximum atomic E-state index is 2.37. The van der Waals surface area contributed by atoms with Gasteiger partial charge in [-0.2, -0.15) is 0 Å². The van der Waals surface area contributed by atoms with Crippen LogP contribution < -0.4 is 0 Å². The molecular formula is C24H24. The highest BCUT2D eigenvalue weighted by Gasteiger charge is 2.32. The maximum Gasteiger partial charge on any atom is 0.0355 e. The normalized spacial score (nSPS) is 15.9. The van der Waals surface area contributed by atoms with Crippen LogP contribution in [0.2, 0.25) is 0 Å². The van der Waals surface area contributed by atoms with Crippen molar-refractivity contribution in [2.24, 2.45) is 0 Å². The Bertz CT molecular complexity index is 909. The van der Waals surface area contributed by atoms with E-state index in [2.05, 4.69) is 94.4 Å². The van der Waals surface area contributed by atoms with Gasteiger partial charge >= 0.3 is 0 Å². The van der Waals surface area contributed by atoms with Gasteiger partial charge in [0.1, 0.15) is 0 Å². The Labute approximate surface area is 145 Å². The molecule has 0 N–H and O–H groups in total. The van der Waals surface area contributed by atoms with Gasteiger partial charge in [-0.05, 0) is 45.7 Å². The number of benzene rings is 3. The van der Waals surface area contributed by atoms with Crippen LogP contribution in [0.5, 0.6) is 0 Å². The molecule has 0 heteroatoms. The lowest BCUT2D eigenvalue weighted by Gasteiger charge is -2.27. The second kappa shape index (κ2) is 5.34. The van der Waals surface area contributed by atoms with E-state index < -0.39 is 0 Å². The summed E-state index contributed by atoms with van der Waals surface area (Å²) < 4.78 is 0. The van der Waals surface area contributed by atoms with Gasteiger partial charge in [0.15, 0.2) is 0 Å². The molecule has 0 heterocycles. The molecule has 0 nitrogen and oxygen atoms in total. The van der Waals surface area contributed by atoms with Crippen molar-refractivity contribution < 1.29 is 0 Å². The molecule has 1 aliphatic carbocycles. The lowest BCUT2D eigenvalue weighted by atomic mass is 9.77. The predicted molar refractivity (Wildman–Crippen MR) is 103 cm³/mol. The Morgan fingerprint density at radius 2 is 1.29 bits per heavy atom. The number of rotatable bonds is 1. The van der Waals surface area contributed by atoms with E-state index in [0.717, 1.165) is 0 Å². The van der Waals surface area contributed by atoms with E-state index in [-0.39, 0.29) is 5.41 Å². The third kappa shape index (κ3) is 2.29. The highest BCUT2D eigenvalue weighted by Crippen LogP contribution is 2.49. The Kier molecular flexibility index (Phi) is 3.38. The van der Waals surface area contributed by atoms with Crippen LogP contribution in [0.25, 0.3) is 11.1 Å². The summed E-state index contributed by atoms with van der Waals surface area (Å²) in [6.45, 7) is 9.12. The smallest absolute Gasteiger partial charge is 0.0355 e. The largest absolute Gasteiger partial charge is 0.0620 e. The van der Waals surface area contributed by atoms with Crippen LogP contribution in [0.4, 0.5) is 0 Å². The van der Waals surface area contributed by atoms with Crippen molar-refractivity contribution in [1.82, 2.24) is 0 Å². The summed E-state index contributed by atoms with van der Waals surface area (Å²) in [6, 6.07) is 24.8. The fraction of sp³-hybridized carbons (Fsp3) is 0.250. The maximum absolute atomic E-state index is 2.37. The molecule has 0 unspecified atom stereocenters. The summed E-state index contributed by atoms with van der Waals surface area (Å²) in [5, 5.41) is 0. The Hall–Kier alpha value is -2.34. The summed E-state index contributed by atoms with van der Waals surface area (Å²) >= 11 is 0. The van der Waals surface area contributed by atoms with E-state index >= 15 is 0 Å². The highest BCUT2D eigenvalue weighted by atomic mass is 14.4. The minimum Gasteiger partial charge on any atom is -0.0620 e. The molecule has 3 aromatic rings. The first kappa shape index (κ1) is 15.2. The standard InChI is InChI=1S/C24H24/c1-16-13-14-18-17-9-5-6-10-19(17)23(21(18)15-16)20-11-7-8-12-22(20)24(2,3)4/h5-15,23H,1-4H3/t23-/m0/s1. The van der Waals surface area contributed by atoms with Gasteiger partial charge in [-0.25, -0.2) is 0 Å². The average Bonchev–Trinajstić information content (AvgIpc) is 2.87. The fourth-order valence-corrected chi connectivity index (χ4v) is 4.09. The van der Waals surface area contributed by atoms with Gasteiger partial charge < -0.3 is 0 Å². The first-order valence-corrected chi connectivity index (χ1v) is 8.76. The van der Waals surface area contributed by atoms with E-state index in [1.807, 2.05) is 0 Å². The molecule has 4 rings (SSSR count). The van der Waals surface area contributed by atoms with Crippen LogP contribution in [0.1, 0.15) is 54.5 Å². The fourth-order valence-electron chi connectivity index (χ4n) is 4.09. The van der Waals surface area contributed by atoms with Crippen LogP contribution >= 0.6 is 0 Å². The van der Waals surface area contributed by atoms with Crippen molar-refractivity contribution in [3.8, 4) is 11.1 Å². The van der Waals surface area contributed by atoms with Crippen molar-refractivity contribution in [1.29, 1.82) is 0 Å². The van der Waals surface area contributed by atoms with Crippen LogP contribution in [0, 0.1) is 6.92 Å². The molecule has 0 amide bonds. The van der Waals surface area contributed by atoms with Gasteiger partial charge in [-0.1, -0.05) is 93.1 Å². The average molecular weight is 312 g/mol. The van der Waals surface area contributed by atoms with E-state index in [4.69, 9.17) is 0 Å². The predicted octanol–water partition coefficient (Wildman–Crippen LogP) is 6.45. The zero-order valence-corrected chi connectivity index (χ0v) is 14.9. The third-order valence-corrected chi connectivity index (χ3v) is 5.16. The number of aryl methyl sites for hydroxylation is 1. The molecule has 120 valence electrons. The number of hydrogen-bond acceptors (Lipinski definition) is 0. The minimum atomic E-state index is 0.137. The van der Waals surface area contributed by atoms with Crippen LogP contribution in [-0.4, -0.2) is 0 Å². The van der Waals surface area contributed by atoms with Crippen molar-refractivity contribution in [2.75, 3.05) is 0 Å². The highest BCUT2D eigenvalue weighted by molar-refractivity contribution is 5.81. The molecule has 0 spiro atoms. The molecule has 24 heavy (non-hydrogen) atoms. The van der Waals surface area contributed by atoms with Gasteiger partial charge in [-0.15, -0.1) is 0 Å². The molecule has 1 aliphatic rings. The topological polar surface area (TPSA) is 0 Å². The van der Waals surface area contributed by atoms with E-state index in [1.54, 1.807) is 0 Å². The Morgan fingerprint density at radius 1 is 0.667 bits per heavy atom. The SMILES string of the molecule is Cc1ccc2c(c1)[C@H](c1ccccc1C(C)(C)C)c1ccccc1-2. The molecule has 0 aliphatic heterocycles. The molecular weight excluding hydrogens is 288 g/mol. The minimum absolute atomic E-state index is 0.137. The summed E-state index contributed by atoms with van der Waals surface area (Å²) in [5.41, 5.74) is 10.0. The molecule has 0 aromatic heterocycles. The molecule has 1 atom stereocenters. The second-order valence-corrected chi connectivity index (χ2v) is 7.95. The van der Waals surface area contributed by atoms with E-state index in [9.17, 15) is 0 Å². The molecule has 0 saturated carbocycles. The summed E-state index contributed by atoms with van der Waals surface area (Å²) in [4.78, 5) is 0. The molecule has 3 aromatic carbocycles. The zero-order valence-electron chi connectivity index (χ0n) is 14.9. The van der Waals surface area contributed by atoms with E-state index in [1.165, 1.54) is 38.9 Å².